The lowest BCUT2D eigenvalue weighted by Gasteiger charge is -2.10. The summed E-state index contributed by atoms with van der Waals surface area (Å²) in [6.07, 6.45) is 1.58. The first-order chi connectivity index (χ1) is 12.5. The Morgan fingerprint density at radius 2 is 1.69 bits per heavy atom. The first-order valence-electron chi connectivity index (χ1n) is 8.00. The minimum absolute atomic E-state index is 0.291. The van der Waals surface area contributed by atoms with E-state index in [1.807, 2.05) is 25.1 Å². The van der Waals surface area contributed by atoms with Gasteiger partial charge in [0.05, 0.1) is 7.11 Å². The third kappa shape index (κ3) is 4.32. The molecule has 1 aromatic heterocycles. The van der Waals surface area contributed by atoms with Crippen molar-refractivity contribution in [2.24, 2.45) is 0 Å². The molecule has 5 nitrogen and oxygen atoms in total. The number of hydrogen-bond donors (Lipinski definition) is 2. The van der Waals surface area contributed by atoms with Crippen LogP contribution in [0.4, 0.5) is 17.1 Å². The van der Waals surface area contributed by atoms with Crippen molar-refractivity contribution in [3.8, 4) is 5.75 Å². The lowest BCUT2D eigenvalue weighted by Crippen LogP contribution is -2.13. The van der Waals surface area contributed by atoms with E-state index in [2.05, 4.69) is 15.6 Å². The van der Waals surface area contributed by atoms with Crippen molar-refractivity contribution in [1.29, 1.82) is 0 Å². The average molecular weight is 368 g/mol. The Hall–Kier alpha value is -3.05. The number of benzene rings is 2. The molecule has 26 heavy (non-hydrogen) atoms. The Morgan fingerprint density at radius 1 is 1.00 bits per heavy atom. The Morgan fingerprint density at radius 3 is 2.38 bits per heavy atom. The Kier molecular flexibility index (Phi) is 5.39. The highest BCUT2D eigenvalue weighted by Gasteiger charge is 2.09. The molecule has 2 N–H and O–H groups in total. The van der Waals surface area contributed by atoms with E-state index >= 15 is 0 Å². The smallest absolute Gasteiger partial charge is 0.274 e. The highest BCUT2D eigenvalue weighted by Crippen LogP contribution is 2.23. The van der Waals surface area contributed by atoms with E-state index in [9.17, 15) is 4.79 Å². The van der Waals surface area contributed by atoms with Crippen molar-refractivity contribution in [2.45, 2.75) is 6.92 Å². The second-order valence-corrected chi connectivity index (χ2v) is 6.11. The molecule has 0 radical (unpaired) electrons. The van der Waals surface area contributed by atoms with Crippen LogP contribution in [-0.4, -0.2) is 18.0 Å². The molecule has 3 aromatic rings. The number of methoxy groups -OCH3 is 1. The molecular weight excluding hydrogens is 350 g/mol. The van der Waals surface area contributed by atoms with Crippen molar-refractivity contribution in [1.82, 2.24) is 4.98 Å². The van der Waals surface area contributed by atoms with Gasteiger partial charge in [0.25, 0.3) is 5.91 Å². The molecule has 0 atom stereocenters. The monoisotopic (exact) mass is 367 g/mol. The largest absolute Gasteiger partial charge is 0.497 e. The molecule has 0 bridgehead atoms. The SMILES string of the molecule is COc1ccc(NC(=O)c2cc(Nc3ccc(C)c(Cl)c3)ccn2)cc1. The van der Waals surface area contributed by atoms with Gasteiger partial charge in [-0.1, -0.05) is 17.7 Å². The van der Waals surface area contributed by atoms with Crippen molar-refractivity contribution >= 4 is 34.6 Å². The highest BCUT2D eigenvalue weighted by atomic mass is 35.5. The van der Waals surface area contributed by atoms with Gasteiger partial charge in [0.15, 0.2) is 0 Å². The summed E-state index contributed by atoms with van der Waals surface area (Å²) >= 11 is 6.15. The molecule has 0 spiro atoms. The fourth-order valence-electron chi connectivity index (χ4n) is 2.34. The minimum atomic E-state index is -0.291. The standard InChI is InChI=1S/C20H18ClN3O2/c1-13-3-4-15(11-18(13)21)23-16-9-10-22-19(12-16)20(25)24-14-5-7-17(26-2)8-6-14/h3-12H,1-2H3,(H,22,23)(H,24,25). The number of anilines is 3. The summed E-state index contributed by atoms with van der Waals surface area (Å²) in [7, 11) is 1.59. The maximum absolute atomic E-state index is 12.4. The third-order valence-electron chi connectivity index (χ3n) is 3.80. The first-order valence-corrected chi connectivity index (χ1v) is 8.37. The van der Waals surface area contributed by atoms with Crippen molar-refractivity contribution < 1.29 is 9.53 Å². The van der Waals surface area contributed by atoms with Crippen LogP contribution < -0.4 is 15.4 Å². The van der Waals surface area contributed by atoms with E-state index in [1.54, 1.807) is 49.7 Å². The predicted molar refractivity (Wildman–Crippen MR) is 105 cm³/mol. The van der Waals surface area contributed by atoms with Crippen LogP contribution in [0.1, 0.15) is 16.1 Å². The molecule has 1 heterocycles. The highest BCUT2D eigenvalue weighted by molar-refractivity contribution is 6.31. The second kappa shape index (κ2) is 7.89. The van der Waals surface area contributed by atoms with Gasteiger partial charge >= 0.3 is 0 Å². The number of carbonyl (C=O) groups excluding carboxylic acids is 1. The van der Waals surface area contributed by atoms with Gasteiger partial charge in [-0.15, -0.1) is 0 Å². The molecule has 132 valence electrons. The van der Waals surface area contributed by atoms with Crippen LogP contribution in [0.3, 0.4) is 0 Å². The van der Waals surface area contributed by atoms with Gasteiger partial charge in [-0.2, -0.15) is 0 Å². The number of ether oxygens (including phenoxy) is 1. The van der Waals surface area contributed by atoms with E-state index in [0.717, 1.165) is 22.7 Å². The van der Waals surface area contributed by atoms with E-state index in [-0.39, 0.29) is 5.91 Å². The number of nitrogens with one attached hydrogen (secondary N) is 2. The summed E-state index contributed by atoms with van der Waals surface area (Å²) in [4.78, 5) is 16.6. The molecule has 0 aliphatic heterocycles. The number of amides is 1. The fourth-order valence-corrected chi connectivity index (χ4v) is 2.52. The molecule has 0 unspecified atom stereocenters. The summed E-state index contributed by atoms with van der Waals surface area (Å²) < 4.78 is 5.10. The Bertz CT molecular complexity index is 927. The van der Waals surface area contributed by atoms with E-state index in [1.165, 1.54) is 0 Å². The van der Waals surface area contributed by atoms with Gasteiger partial charge in [-0.25, -0.2) is 0 Å². The number of halogens is 1. The Labute approximate surface area is 157 Å². The minimum Gasteiger partial charge on any atom is -0.497 e. The molecule has 3 rings (SSSR count). The van der Waals surface area contributed by atoms with Crippen molar-refractivity contribution in [3.63, 3.8) is 0 Å². The number of pyridine rings is 1. The Balaban J connectivity index is 1.73. The zero-order chi connectivity index (χ0) is 18.5. The van der Waals surface area contributed by atoms with Gasteiger partial charge in [0.2, 0.25) is 0 Å². The van der Waals surface area contributed by atoms with Crippen LogP contribution in [0.2, 0.25) is 5.02 Å². The quantitative estimate of drug-likeness (QED) is 0.662. The lowest BCUT2D eigenvalue weighted by molar-refractivity contribution is 0.102. The average Bonchev–Trinajstić information content (AvgIpc) is 2.65. The fraction of sp³-hybridized carbons (Fsp3) is 0.100. The molecular formula is C20H18ClN3O2. The third-order valence-corrected chi connectivity index (χ3v) is 4.21. The number of aromatic nitrogens is 1. The molecule has 0 fully saturated rings. The van der Waals surface area contributed by atoms with Crippen LogP contribution in [0.15, 0.2) is 60.8 Å². The first kappa shape index (κ1) is 17.8. The van der Waals surface area contributed by atoms with Gasteiger partial charge in [0.1, 0.15) is 11.4 Å². The van der Waals surface area contributed by atoms with Crippen LogP contribution in [0.25, 0.3) is 0 Å². The van der Waals surface area contributed by atoms with Crippen LogP contribution >= 0.6 is 11.6 Å². The zero-order valence-corrected chi connectivity index (χ0v) is 15.2. The summed E-state index contributed by atoms with van der Waals surface area (Å²) in [6, 6.07) is 16.3. The summed E-state index contributed by atoms with van der Waals surface area (Å²) in [5.74, 6) is 0.435. The second-order valence-electron chi connectivity index (χ2n) is 5.70. The lowest BCUT2D eigenvalue weighted by atomic mass is 10.2. The van der Waals surface area contributed by atoms with E-state index in [4.69, 9.17) is 16.3 Å². The molecule has 1 amide bonds. The molecule has 2 aromatic carbocycles. The normalized spacial score (nSPS) is 10.3. The summed E-state index contributed by atoms with van der Waals surface area (Å²) in [5.41, 5.74) is 3.57. The maximum Gasteiger partial charge on any atom is 0.274 e. The number of rotatable bonds is 5. The molecule has 0 aliphatic carbocycles. The van der Waals surface area contributed by atoms with Gasteiger partial charge in [-0.05, 0) is 61.0 Å². The maximum atomic E-state index is 12.4. The molecule has 0 saturated carbocycles. The number of nitrogens with zero attached hydrogens (tertiary/aromatic N) is 1. The number of hydrogen-bond acceptors (Lipinski definition) is 4. The van der Waals surface area contributed by atoms with E-state index < -0.39 is 0 Å². The van der Waals surface area contributed by atoms with Gasteiger partial charge < -0.3 is 15.4 Å². The number of aryl methyl sites for hydroxylation is 1. The van der Waals surface area contributed by atoms with Gasteiger partial charge in [-0.3, -0.25) is 9.78 Å². The van der Waals surface area contributed by atoms with E-state index in [0.29, 0.717) is 16.4 Å². The van der Waals surface area contributed by atoms with Crippen LogP contribution in [-0.2, 0) is 0 Å². The topological polar surface area (TPSA) is 63.2 Å². The van der Waals surface area contributed by atoms with Crippen LogP contribution in [0, 0.1) is 6.92 Å². The van der Waals surface area contributed by atoms with Crippen molar-refractivity contribution in [2.75, 3.05) is 17.7 Å². The molecule has 0 aliphatic rings. The molecule has 6 heteroatoms. The predicted octanol–water partition coefficient (Wildman–Crippen LogP) is 5.05. The molecule has 0 saturated heterocycles. The van der Waals surface area contributed by atoms with Crippen LogP contribution in [0.5, 0.6) is 5.75 Å². The summed E-state index contributed by atoms with van der Waals surface area (Å²) in [5, 5.41) is 6.72. The van der Waals surface area contributed by atoms with Gasteiger partial charge in [0, 0.05) is 28.3 Å². The zero-order valence-electron chi connectivity index (χ0n) is 14.4. The summed E-state index contributed by atoms with van der Waals surface area (Å²) in [6.45, 7) is 1.94. The van der Waals surface area contributed by atoms with Crippen molar-refractivity contribution in [3.05, 3.63) is 77.1 Å². The number of carbonyl (C=O) groups is 1.